The number of hydrogen-bond acceptors (Lipinski definition) is 3. The van der Waals surface area contributed by atoms with Crippen LogP contribution in [0.25, 0.3) is 0 Å². The summed E-state index contributed by atoms with van der Waals surface area (Å²) in [6.45, 7) is 2.50. The van der Waals surface area contributed by atoms with Crippen LogP contribution in [0.3, 0.4) is 0 Å². The quantitative estimate of drug-likeness (QED) is 0.380. The number of nitrogens with zero attached hydrogens (tertiary/aromatic N) is 1. The van der Waals surface area contributed by atoms with Crippen molar-refractivity contribution in [2.75, 3.05) is 20.1 Å². The summed E-state index contributed by atoms with van der Waals surface area (Å²) < 4.78 is 0. The smallest absolute Gasteiger partial charge is 0.194 e. The summed E-state index contributed by atoms with van der Waals surface area (Å²) in [6, 6.07) is 0. The first-order chi connectivity index (χ1) is 4.23. The van der Waals surface area contributed by atoms with Gasteiger partial charge < -0.3 is 5.32 Å². The van der Waals surface area contributed by atoms with Crippen LogP contribution in [0.1, 0.15) is 12.8 Å². The van der Waals surface area contributed by atoms with Crippen molar-refractivity contribution in [3.8, 4) is 0 Å². The van der Waals surface area contributed by atoms with E-state index in [1.54, 1.807) is 0 Å². The van der Waals surface area contributed by atoms with Crippen LogP contribution in [0.4, 0.5) is 0 Å². The first-order valence-corrected chi connectivity index (χ1v) is 3.02. The van der Waals surface area contributed by atoms with Gasteiger partial charge in [0, 0.05) is 4.92 Å². The molecule has 1 aliphatic heterocycles. The molecule has 0 bridgehead atoms. The van der Waals surface area contributed by atoms with Gasteiger partial charge in [-0.15, -0.1) is 0 Å². The van der Waals surface area contributed by atoms with Crippen molar-refractivity contribution >= 4 is 0 Å². The Bertz CT molecular complexity index is 69.4. The monoisotopic (exact) mass is 132 g/mol. The first-order valence-electron chi connectivity index (χ1n) is 3.02. The maximum atomic E-state index is 8.81. The third-order valence-electron chi connectivity index (χ3n) is 0.957. The Morgan fingerprint density at radius 1 is 1.44 bits per heavy atom. The predicted octanol–water partition coefficient (Wildman–Crippen LogP) is 0.263. The Balaban J connectivity index is 0.000000148. The molecule has 1 rings (SSSR count). The van der Waals surface area contributed by atoms with Gasteiger partial charge in [0.2, 0.25) is 0 Å². The van der Waals surface area contributed by atoms with E-state index in [1.807, 2.05) is 0 Å². The standard InChI is InChI=1S/C4H9N.CH3NO2/c1-2-4-5-3-1;1-2(3)4/h5H,1-4H2;1H3. The molecule has 0 amide bonds. The average molecular weight is 132 g/mol. The van der Waals surface area contributed by atoms with E-state index in [-0.39, 0.29) is 0 Å². The number of nitrogens with one attached hydrogen (secondary N) is 1. The molecule has 9 heavy (non-hydrogen) atoms. The van der Waals surface area contributed by atoms with Gasteiger partial charge in [0.05, 0.1) is 0 Å². The predicted molar refractivity (Wildman–Crippen MR) is 35.0 cm³/mol. The molecule has 0 saturated carbocycles. The maximum Gasteiger partial charge on any atom is 0.194 e. The molecule has 0 aromatic carbocycles. The van der Waals surface area contributed by atoms with Crippen molar-refractivity contribution in [3.05, 3.63) is 10.1 Å². The molecule has 4 nitrogen and oxygen atoms in total. The zero-order valence-electron chi connectivity index (χ0n) is 5.59. The number of hydrogen-bond donors (Lipinski definition) is 1. The summed E-state index contributed by atoms with van der Waals surface area (Å²) in [5, 5.41) is 12.0. The van der Waals surface area contributed by atoms with Gasteiger partial charge in [-0.25, -0.2) is 0 Å². The van der Waals surface area contributed by atoms with E-state index in [0.29, 0.717) is 0 Å². The molecule has 4 heteroatoms. The van der Waals surface area contributed by atoms with E-state index in [4.69, 9.17) is 10.1 Å². The topological polar surface area (TPSA) is 55.2 Å². The van der Waals surface area contributed by atoms with E-state index in [1.165, 1.54) is 25.9 Å². The summed E-state index contributed by atoms with van der Waals surface area (Å²) in [6.07, 6.45) is 2.78. The highest BCUT2D eigenvalue weighted by atomic mass is 16.6. The molecule has 54 valence electrons. The Labute approximate surface area is 54.4 Å². The second kappa shape index (κ2) is 5.50. The highest BCUT2D eigenvalue weighted by Gasteiger charge is 1.93. The molecule has 0 spiro atoms. The van der Waals surface area contributed by atoms with E-state index < -0.39 is 4.92 Å². The molecule has 0 atom stereocenters. The van der Waals surface area contributed by atoms with Crippen LogP contribution < -0.4 is 5.32 Å². The third kappa shape index (κ3) is 11.1. The second-order valence-corrected chi connectivity index (χ2v) is 1.90. The van der Waals surface area contributed by atoms with Crippen molar-refractivity contribution < 1.29 is 4.92 Å². The summed E-state index contributed by atoms with van der Waals surface area (Å²) in [5.41, 5.74) is 0. The summed E-state index contributed by atoms with van der Waals surface area (Å²) in [4.78, 5) is 8.31. The third-order valence-corrected chi connectivity index (χ3v) is 0.957. The number of rotatable bonds is 0. The highest BCUT2D eigenvalue weighted by molar-refractivity contribution is 4.55. The van der Waals surface area contributed by atoms with E-state index in [0.717, 1.165) is 7.05 Å². The van der Waals surface area contributed by atoms with Crippen LogP contribution in [0.15, 0.2) is 0 Å². The van der Waals surface area contributed by atoms with Crippen molar-refractivity contribution in [2.45, 2.75) is 12.8 Å². The normalized spacial score (nSPS) is 16.1. The van der Waals surface area contributed by atoms with Crippen LogP contribution in [0, 0.1) is 10.1 Å². The molecule has 1 saturated heterocycles. The molecule has 1 fully saturated rings. The largest absolute Gasteiger partial charge is 0.317 e. The van der Waals surface area contributed by atoms with Crippen LogP contribution in [-0.2, 0) is 0 Å². The first kappa shape index (κ1) is 8.36. The zero-order chi connectivity index (χ0) is 7.11. The van der Waals surface area contributed by atoms with Gasteiger partial charge >= 0.3 is 0 Å². The fourth-order valence-corrected chi connectivity index (χ4v) is 0.625. The number of nitro groups is 1. The van der Waals surface area contributed by atoms with Gasteiger partial charge in [0.1, 0.15) is 0 Å². The molecular weight excluding hydrogens is 120 g/mol. The van der Waals surface area contributed by atoms with Crippen LogP contribution in [0.2, 0.25) is 0 Å². The minimum absolute atomic E-state index is 0.500. The van der Waals surface area contributed by atoms with E-state index in [9.17, 15) is 0 Å². The van der Waals surface area contributed by atoms with Crippen LogP contribution in [0.5, 0.6) is 0 Å². The van der Waals surface area contributed by atoms with Gasteiger partial charge in [0.15, 0.2) is 7.05 Å². The molecule has 0 unspecified atom stereocenters. The molecule has 1 heterocycles. The Kier molecular flexibility index (Phi) is 5.11. The molecule has 1 aliphatic rings. The highest BCUT2D eigenvalue weighted by Crippen LogP contribution is 1.90. The van der Waals surface area contributed by atoms with Gasteiger partial charge in [-0.1, -0.05) is 0 Å². The van der Waals surface area contributed by atoms with Crippen LogP contribution in [-0.4, -0.2) is 25.1 Å². The Morgan fingerprint density at radius 3 is 1.89 bits per heavy atom. The fourth-order valence-electron chi connectivity index (χ4n) is 0.625. The van der Waals surface area contributed by atoms with Crippen LogP contribution >= 0.6 is 0 Å². The minimum atomic E-state index is -0.500. The maximum absolute atomic E-state index is 8.81. The lowest BCUT2D eigenvalue weighted by Gasteiger charge is -1.76. The fraction of sp³-hybridized carbons (Fsp3) is 1.00. The summed E-state index contributed by atoms with van der Waals surface area (Å²) in [5.74, 6) is 0. The van der Waals surface area contributed by atoms with Crippen molar-refractivity contribution in [1.29, 1.82) is 0 Å². The van der Waals surface area contributed by atoms with Gasteiger partial charge in [-0.3, -0.25) is 10.1 Å². The summed E-state index contributed by atoms with van der Waals surface area (Å²) >= 11 is 0. The lowest BCUT2D eigenvalue weighted by atomic mass is 10.4. The van der Waals surface area contributed by atoms with Gasteiger partial charge in [-0.2, -0.15) is 0 Å². The molecular formula is C5H12N2O2. The van der Waals surface area contributed by atoms with E-state index in [2.05, 4.69) is 5.32 Å². The molecule has 0 aliphatic carbocycles. The van der Waals surface area contributed by atoms with Gasteiger partial charge in [-0.05, 0) is 25.9 Å². The SMILES string of the molecule is C1CCNC1.C[N+](=O)[O-]. The second-order valence-electron chi connectivity index (χ2n) is 1.90. The van der Waals surface area contributed by atoms with Crippen molar-refractivity contribution in [1.82, 2.24) is 5.32 Å². The summed E-state index contributed by atoms with van der Waals surface area (Å²) in [7, 11) is 0.889. The molecule has 1 N–H and O–H groups in total. The zero-order valence-corrected chi connectivity index (χ0v) is 5.59. The Morgan fingerprint density at radius 2 is 1.78 bits per heavy atom. The molecule has 0 aromatic heterocycles. The van der Waals surface area contributed by atoms with Crippen molar-refractivity contribution in [3.63, 3.8) is 0 Å². The molecule has 0 radical (unpaired) electrons. The van der Waals surface area contributed by atoms with Gasteiger partial charge in [0.25, 0.3) is 0 Å². The minimum Gasteiger partial charge on any atom is -0.317 e. The van der Waals surface area contributed by atoms with Crippen molar-refractivity contribution in [2.24, 2.45) is 0 Å². The lowest BCUT2D eigenvalue weighted by molar-refractivity contribution is -0.445. The lowest BCUT2D eigenvalue weighted by Crippen LogP contribution is -2.03. The molecule has 0 aromatic rings. The van der Waals surface area contributed by atoms with E-state index >= 15 is 0 Å². The Hall–Kier alpha value is -0.640. The average Bonchev–Trinajstić information content (AvgIpc) is 2.11.